The molecular weight excluding hydrogens is 174 g/mol. The Hall–Kier alpha value is -0.730. The van der Waals surface area contributed by atoms with Crippen LogP contribution < -0.4 is 10.6 Å². The lowest BCUT2D eigenvalue weighted by molar-refractivity contribution is 0.493. The Labute approximate surface area is 85.4 Å². The molecule has 0 radical (unpaired) electrons. The Balaban J connectivity index is 1.56. The summed E-state index contributed by atoms with van der Waals surface area (Å²) in [5, 5.41) is 6.90. The van der Waals surface area contributed by atoms with Crippen molar-refractivity contribution in [2.75, 3.05) is 13.1 Å². The van der Waals surface area contributed by atoms with Crippen LogP contribution in [0, 0.1) is 5.41 Å². The van der Waals surface area contributed by atoms with Crippen molar-refractivity contribution in [1.82, 2.24) is 10.6 Å². The van der Waals surface area contributed by atoms with Crippen LogP contribution in [0.1, 0.15) is 38.5 Å². The topological polar surface area (TPSA) is 36.4 Å². The predicted octanol–water partition coefficient (Wildman–Crippen LogP) is 1.26. The number of aliphatic imine (C=N–C) groups is 1. The molecule has 0 aromatic carbocycles. The van der Waals surface area contributed by atoms with E-state index in [9.17, 15) is 0 Å². The molecule has 0 aromatic rings. The minimum Gasteiger partial charge on any atom is -0.356 e. The van der Waals surface area contributed by atoms with Crippen LogP contribution in [0.4, 0.5) is 0 Å². The summed E-state index contributed by atoms with van der Waals surface area (Å²) in [6, 6.07) is 0.731. The summed E-state index contributed by atoms with van der Waals surface area (Å²) in [5.74, 6) is 1.06. The number of rotatable bonds is 1. The molecule has 1 atom stereocenters. The maximum absolute atomic E-state index is 4.46. The maximum atomic E-state index is 4.46. The normalized spacial score (nSPS) is 33.7. The van der Waals surface area contributed by atoms with Crippen LogP contribution in [0.25, 0.3) is 0 Å². The van der Waals surface area contributed by atoms with E-state index in [1.54, 1.807) is 0 Å². The summed E-state index contributed by atoms with van der Waals surface area (Å²) >= 11 is 0. The van der Waals surface area contributed by atoms with Crippen LogP contribution in [-0.2, 0) is 0 Å². The van der Waals surface area contributed by atoms with Crippen molar-refractivity contribution in [3.8, 4) is 0 Å². The highest BCUT2D eigenvalue weighted by Gasteiger charge is 2.55. The number of nitrogens with one attached hydrogen (secondary N) is 2. The van der Waals surface area contributed by atoms with Gasteiger partial charge in [-0.2, -0.15) is 0 Å². The molecule has 0 saturated heterocycles. The quantitative estimate of drug-likeness (QED) is 0.657. The second-order valence-corrected chi connectivity index (χ2v) is 4.98. The zero-order valence-electron chi connectivity index (χ0n) is 8.68. The molecule has 3 nitrogen and oxygen atoms in total. The lowest BCUT2D eigenvalue weighted by Crippen LogP contribution is -2.42. The van der Waals surface area contributed by atoms with E-state index in [4.69, 9.17) is 0 Å². The van der Waals surface area contributed by atoms with Gasteiger partial charge in [0.05, 0.1) is 0 Å². The third-order valence-corrected chi connectivity index (χ3v) is 4.00. The van der Waals surface area contributed by atoms with Gasteiger partial charge < -0.3 is 10.6 Å². The molecule has 2 N–H and O–H groups in total. The molecule has 78 valence electrons. The van der Waals surface area contributed by atoms with Gasteiger partial charge in [0.1, 0.15) is 0 Å². The zero-order chi connectivity index (χ0) is 9.43. The first-order valence-corrected chi connectivity index (χ1v) is 5.94. The molecule has 0 bridgehead atoms. The van der Waals surface area contributed by atoms with Crippen LogP contribution in [0.2, 0.25) is 0 Å². The first-order chi connectivity index (χ1) is 6.89. The van der Waals surface area contributed by atoms with Crippen LogP contribution >= 0.6 is 0 Å². The third-order valence-electron chi connectivity index (χ3n) is 4.00. The monoisotopic (exact) mass is 193 g/mol. The summed E-state index contributed by atoms with van der Waals surface area (Å²) in [6.45, 7) is 2.08. The Morgan fingerprint density at radius 2 is 2.14 bits per heavy atom. The first kappa shape index (κ1) is 8.57. The summed E-state index contributed by atoms with van der Waals surface area (Å²) in [6.07, 6.45) is 8.33. The minimum absolute atomic E-state index is 0.682. The molecule has 1 heterocycles. The third kappa shape index (κ3) is 1.39. The number of nitrogens with zero attached hydrogens (tertiary/aromatic N) is 1. The SMILES string of the molecule is C1CN=C(NC2CC23CCCC3)NC1. The Morgan fingerprint density at radius 3 is 2.86 bits per heavy atom. The number of guanidine groups is 1. The van der Waals surface area contributed by atoms with E-state index < -0.39 is 0 Å². The molecule has 1 unspecified atom stereocenters. The van der Waals surface area contributed by atoms with Crippen LogP contribution in [0.5, 0.6) is 0 Å². The van der Waals surface area contributed by atoms with Gasteiger partial charge in [0.15, 0.2) is 5.96 Å². The van der Waals surface area contributed by atoms with Crippen molar-refractivity contribution in [3.63, 3.8) is 0 Å². The van der Waals surface area contributed by atoms with Gasteiger partial charge in [-0.3, -0.25) is 4.99 Å². The molecule has 2 aliphatic carbocycles. The molecule has 3 rings (SSSR count). The first-order valence-electron chi connectivity index (χ1n) is 5.94. The second-order valence-electron chi connectivity index (χ2n) is 4.98. The molecule has 0 amide bonds. The van der Waals surface area contributed by atoms with Gasteiger partial charge in [-0.15, -0.1) is 0 Å². The molecular formula is C11H19N3. The highest BCUT2D eigenvalue weighted by atomic mass is 15.2. The van der Waals surface area contributed by atoms with Gasteiger partial charge in [-0.1, -0.05) is 12.8 Å². The van der Waals surface area contributed by atoms with Crippen molar-refractivity contribution >= 4 is 5.96 Å². The predicted molar refractivity (Wildman–Crippen MR) is 57.4 cm³/mol. The standard InChI is InChI=1S/C11H19N3/c1-2-5-11(4-1)8-9(11)14-10-12-6-3-7-13-10/h9H,1-8H2,(H2,12,13,14). The molecule has 2 fully saturated rings. The fraction of sp³-hybridized carbons (Fsp3) is 0.909. The smallest absolute Gasteiger partial charge is 0.191 e. The van der Waals surface area contributed by atoms with E-state index in [0.717, 1.165) is 25.1 Å². The lowest BCUT2D eigenvalue weighted by Gasteiger charge is -2.17. The van der Waals surface area contributed by atoms with Crippen LogP contribution in [0.3, 0.4) is 0 Å². The van der Waals surface area contributed by atoms with Crippen molar-refractivity contribution in [3.05, 3.63) is 0 Å². The summed E-state index contributed by atoms with van der Waals surface area (Å²) in [7, 11) is 0. The Bertz CT molecular complexity index is 253. The maximum Gasteiger partial charge on any atom is 0.191 e. The van der Waals surface area contributed by atoms with Gasteiger partial charge >= 0.3 is 0 Å². The van der Waals surface area contributed by atoms with Gasteiger partial charge in [0.2, 0.25) is 0 Å². The van der Waals surface area contributed by atoms with E-state index >= 15 is 0 Å². The van der Waals surface area contributed by atoms with E-state index in [-0.39, 0.29) is 0 Å². The summed E-state index contributed by atoms with van der Waals surface area (Å²) in [5.41, 5.74) is 0.682. The molecule has 1 aliphatic heterocycles. The molecule has 14 heavy (non-hydrogen) atoms. The largest absolute Gasteiger partial charge is 0.356 e. The average Bonchev–Trinajstić information content (AvgIpc) is 2.67. The number of hydrogen-bond acceptors (Lipinski definition) is 3. The molecule has 1 spiro atoms. The van der Waals surface area contributed by atoms with E-state index in [1.165, 1.54) is 38.5 Å². The van der Waals surface area contributed by atoms with Gasteiger partial charge in [-0.25, -0.2) is 0 Å². The Kier molecular flexibility index (Phi) is 1.92. The second kappa shape index (κ2) is 3.14. The van der Waals surface area contributed by atoms with E-state index in [2.05, 4.69) is 15.6 Å². The highest BCUT2D eigenvalue weighted by molar-refractivity contribution is 5.81. The van der Waals surface area contributed by atoms with E-state index in [1.807, 2.05) is 0 Å². The van der Waals surface area contributed by atoms with Gasteiger partial charge in [0.25, 0.3) is 0 Å². The molecule has 3 aliphatic rings. The lowest BCUT2D eigenvalue weighted by atomic mass is 10.1. The van der Waals surface area contributed by atoms with Crippen molar-refractivity contribution in [2.24, 2.45) is 10.4 Å². The highest BCUT2D eigenvalue weighted by Crippen LogP contribution is 2.57. The van der Waals surface area contributed by atoms with Crippen molar-refractivity contribution in [2.45, 2.75) is 44.6 Å². The molecule has 3 heteroatoms. The van der Waals surface area contributed by atoms with Gasteiger partial charge in [0, 0.05) is 19.1 Å². The fourth-order valence-electron chi connectivity index (χ4n) is 2.98. The van der Waals surface area contributed by atoms with E-state index in [0.29, 0.717) is 5.41 Å². The van der Waals surface area contributed by atoms with Gasteiger partial charge in [-0.05, 0) is 31.1 Å². The fourth-order valence-corrected chi connectivity index (χ4v) is 2.98. The minimum atomic E-state index is 0.682. The molecule has 0 aromatic heterocycles. The van der Waals surface area contributed by atoms with Crippen molar-refractivity contribution in [1.29, 1.82) is 0 Å². The van der Waals surface area contributed by atoms with Crippen molar-refractivity contribution < 1.29 is 0 Å². The van der Waals surface area contributed by atoms with Crippen LogP contribution in [0.15, 0.2) is 4.99 Å². The average molecular weight is 193 g/mol. The summed E-state index contributed by atoms with van der Waals surface area (Å²) in [4.78, 5) is 4.46. The summed E-state index contributed by atoms with van der Waals surface area (Å²) < 4.78 is 0. The zero-order valence-corrected chi connectivity index (χ0v) is 8.68. The molecule has 2 saturated carbocycles. The van der Waals surface area contributed by atoms with Crippen LogP contribution in [-0.4, -0.2) is 25.1 Å². The number of hydrogen-bond donors (Lipinski definition) is 2. The Morgan fingerprint density at radius 1 is 1.29 bits per heavy atom.